The molecule has 2 aromatic heterocycles. The number of likely N-dealkylation sites (tertiary alicyclic amines) is 1. The van der Waals surface area contributed by atoms with Crippen LogP contribution in [-0.2, 0) is 0 Å². The molecule has 0 spiro atoms. The molecule has 0 radical (unpaired) electrons. The fourth-order valence-electron chi connectivity index (χ4n) is 2.52. The SMILES string of the molecule is Cc1cc(C)n2ncc(C(=O)N3CCC(O)C3)c2n1. The van der Waals surface area contributed by atoms with Gasteiger partial charge in [-0.2, -0.15) is 5.10 Å². The lowest BCUT2D eigenvalue weighted by molar-refractivity contribution is 0.0766. The number of rotatable bonds is 1. The van der Waals surface area contributed by atoms with E-state index in [1.54, 1.807) is 15.6 Å². The molecule has 1 aliphatic heterocycles. The molecule has 0 saturated carbocycles. The number of hydrogen-bond donors (Lipinski definition) is 1. The molecule has 3 rings (SSSR count). The van der Waals surface area contributed by atoms with Gasteiger partial charge in [0.15, 0.2) is 5.65 Å². The Kier molecular flexibility index (Phi) is 2.74. The second-order valence-corrected chi connectivity index (χ2v) is 5.03. The van der Waals surface area contributed by atoms with Crippen molar-refractivity contribution < 1.29 is 9.90 Å². The molecule has 0 aliphatic carbocycles. The van der Waals surface area contributed by atoms with Crippen molar-refractivity contribution in [3.05, 3.63) is 29.2 Å². The lowest BCUT2D eigenvalue weighted by atomic mass is 10.2. The third-order valence-electron chi connectivity index (χ3n) is 3.46. The Hall–Kier alpha value is -1.95. The Morgan fingerprint density at radius 3 is 2.95 bits per heavy atom. The van der Waals surface area contributed by atoms with Gasteiger partial charge in [-0.15, -0.1) is 0 Å². The largest absolute Gasteiger partial charge is 0.391 e. The van der Waals surface area contributed by atoms with Crippen LogP contribution in [0.15, 0.2) is 12.3 Å². The molecule has 1 unspecified atom stereocenters. The van der Waals surface area contributed by atoms with Gasteiger partial charge in [0.05, 0.1) is 12.3 Å². The summed E-state index contributed by atoms with van der Waals surface area (Å²) in [5.74, 6) is -0.107. The van der Waals surface area contributed by atoms with Crippen molar-refractivity contribution >= 4 is 11.6 Å². The summed E-state index contributed by atoms with van der Waals surface area (Å²) in [6, 6.07) is 1.92. The van der Waals surface area contributed by atoms with E-state index in [1.165, 1.54) is 0 Å². The van der Waals surface area contributed by atoms with Crippen molar-refractivity contribution in [1.82, 2.24) is 19.5 Å². The number of amides is 1. The molecule has 1 fully saturated rings. The van der Waals surface area contributed by atoms with Gasteiger partial charge in [0.1, 0.15) is 5.56 Å². The molecule has 1 amide bonds. The van der Waals surface area contributed by atoms with Crippen LogP contribution < -0.4 is 0 Å². The predicted molar refractivity (Wildman–Crippen MR) is 69.0 cm³/mol. The number of nitrogens with zero attached hydrogens (tertiary/aromatic N) is 4. The van der Waals surface area contributed by atoms with Crippen molar-refractivity contribution in [3.8, 4) is 0 Å². The van der Waals surface area contributed by atoms with Gasteiger partial charge in [0, 0.05) is 24.5 Å². The van der Waals surface area contributed by atoms with Crippen LogP contribution in [0.25, 0.3) is 5.65 Å². The van der Waals surface area contributed by atoms with Gasteiger partial charge < -0.3 is 10.0 Å². The van der Waals surface area contributed by atoms with E-state index in [0.29, 0.717) is 30.7 Å². The van der Waals surface area contributed by atoms with Crippen molar-refractivity contribution in [2.75, 3.05) is 13.1 Å². The molecule has 2 aromatic rings. The molecule has 6 nitrogen and oxygen atoms in total. The van der Waals surface area contributed by atoms with E-state index in [4.69, 9.17) is 0 Å². The Balaban J connectivity index is 2.03. The molecule has 6 heteroatoms. The maximum atomic E-state index is 12.4. The summed E-state index contributed by atoms with van der Waals surface area (Å²) in [7, 11) is 0. The second-order valence-electron chi connectivity index (χ2n) is 5.03. The maximum absolute atomic E-state index is 12.4. The molecule has 1 aliphatic rings. The van der Waals surface area contributed by atoms with Crippen molar-refractivity contribution in [1.29, 1.82) is 0 Å². The molecule has 0 bridgehead atoms. The highest BCUT2D eigenvalue weighted by molar-refractivity contribution is 5.99. The molecule has 3 heterocycles. The third-order valence-corrected chi connectivity index (χ3v) is 3.46. The Bertz CT molecular complexity index is 649. The van der Waals surface area contributed by atoms with E-state index in [1.807, 2.05) is 19.9 Å². The number of aryl methyl sites for hydroxylation is 2. The van der Waals surface area contributed by atoms with Gasteiger partial charge in [-0.1, -0.05) is 0 Å². The first-order valence-electron chi connectivity index (χ1n) is 6.35. The summed E-state index contributed by atoms with van der Waals surface area (Å²) in [5.41, 5.74) is 2.90. The first kappa shape index (κ1) is 12.1. The summed E-state index contributed by atoms with van der Waals surface area (Å²) < 4.78 is 1.67. The molecule has 19 heavy (non-hydrogen) atoms. The van der Waals surface area contributed by atoms with Gasteiger partial charge in [0.2, 0.25) is 0 Å². The Morgan fingerprint density at radius 1 is 1.47 bits per heavy atom. The summed E-state index contributed by atoms with van der Waals surface area (Å²) in [6.45, 7) is 4.81. The van der Waals surface area contributed by atoms with E-state index in [0.717, 1.165) is 11.4 Å². The zero-order chi connectivity index (χ0) is 13.6. The van der Waals surface area contributed by atoms with Crippen LogP contribution in [0, 0.1) is 13.8 Å². The van der Waals surface area contributed by atoms with Crippen LogP contribution in [0.5, 0.6) is 0 Å². The third kappa shape index (κ3) is 1.98. The van der Waals surface area contributed by atoms with Gasteiger partial charge >= 0.3 is 0 Å². The van der Waals surface area contributed by atoms with E-state index in [9.17, 15) is 9.90 Å². The normalized spacial score (nSPS) is 19.3. The summed E-state index contributed by atoms with van der Waals surface area (Å²) in [4.78, 5) is 18.5. The Labute approximate surface area is 110 Å². The first-order chi connectivity index (χ1) is 9.06. The molecular formula is C13H16N4O2. The minimum absolute atomic E-state index is 0.107. The summed E-state index contributed by atoms with van der Waals surface area (Å²) >= 11 is 0. The molecule has 1 N–H and O–H groups in total. The van der Waals surface area contributed by atoms with Crippen LogP contribution in [0.4, 0.5) is 0 Å². The minimum Gasteiger partial charge on any atom is -0.391 e. The lowest BCUT2D eigenvalue weighted by Crippen LogP contribution is -2.29. The van der Waals surface area contributed by atoms with E-state index >= 15 is 0 Å². The quantitative estimate of drug-likeness (QED) is 0.813. The van der Waals surface area contributed by atoms with Crippen LogP contribution in [-0.4, -0.2) is 49.7 Å². The topological polar surface area (TPSA) is 70.7 Å². The number of aliphatic hydroxyl groups excluding tert-OH is 1. The second kappa shape index (κ2) is 4.31. The van der Waals surface area contributed by atoms with Crippen molar-refractivity contribution in [2.45, 2.75) is 26.4 Å². The Morgan fingerprint density at radius 2 is 2.26 bits per heavy atom. The van der Waals surface area contributed by atoms with E-state index < -0.39 is 6.10 Å². The number of hydrogen-bond acceptors (Lipinski definition) is 4. The average molecular weight is 260 g/mol. The van der Waals surface area contributed by atoms with Crippen LogP contribution in [0.1, 0.15) is 28.2 Å². The molecule has 0 aromatic carbocycles. The molecular weight excluding hydrogens is 244 g/mol. The number of carbonyl (C=O) groups excluding carboxylic acids is 1. The predicted octanol–water partition coefficient (Wildman–Crippen LogP) is 0.553. The minimum atomic E-state index is -0.415. The van der Waals surface area contributed by atoms with E-state index in [-0.39, 0.29) is 5.91 Å². The summed E-state index contributed by atoms with van der Waals surface area (Å²) in [5, 5.41) is 13.7. The monoisotopic (exact) mass is 260 g/mol. The highest BCUT2D eigenvalue weighted by Gasteiger charge is 2.27. The van der Waals surface area contributed by atoms with Crippen molar-refractivity contribution in [2.24, 2.45) is 0 Å². The summed E-state index contributed by atoms with van der Waals surface area (Å²) in [6.07, 6.45) is 1.78. The fraction of sp³-hybridized carbons (Fsp3) is 0.462. The van der Waals surface area contributed by atoms with Gasteiger partial charge in [-0.05, 0) is 26.3 Å². The van der Waals surface area contributed by atoms with Crippen molar-refractivity contribution in [3.63, 3.8) is 0 Å². The highest BCUT2D eigenvalue weighted by Crippen LogP contribution is 2.17. The average Bonchev–Trinajstić information content (AvgIpc) is 2.94. The van der Waals surface area contributed by atoms with Crippen LogP contribution in [0.2, 0.25) is 0 Å². The fourth-order valence-corrected chi connectivity index (χ4v) is 2.52. The number of β-amino-alcohol motifs (C(OH)–C–C–N with tert-alkyl or cyclic N) is 1. The smallest absolute Gasteiger partial charge is 0.259 e. The number of aromatic nitrogens is 3. The zero-order valence-electron chi connectivity index (χ0n) is 11.0. The van der Waals surface area contributed by atoms with Gasteiger partial charge in [-0.25, -0.2) is 9.50 Å². The highest BCUT2D eigenvalue weighted by atomic mass is 16.3. The number of aliphatic hydroxyl groups is 1. The molecule has 1 atom stereocenters. The molecule has 100 valence electrons. The maximum Gasteiger partial charge on any atom is 0.259 e. The lowest BCUT2D eigenvalue weighted by Gasteiger charge is -2.14. The van der Waals surface area contributed by atoms with Crippen LogP contribution in [0.3, 0.4) is 0 Å². The number of fused-ring (bicyclic) bond motifs is 1. The number of carbonyl (C=O) groups is 1. The van der Waals surface area contributed by atoms with Crippen LogP contribution >= 0.6 is 0 Å². The van der Waals surface area contributed by atoms with E-state index in [2.05, 4.69) is 10.1 Å². The first-order valence-corrected chi connectivity index (χ1v) is 6.35. The molecule has 1 saturated heterocycles. The standard InChI is InChI=1S/C13H16N4O2/c1-8-5-9(2)17-12(15-8)11(6-14-17)13(19)16-4-3-10(18)7-16/h5-6,10,18H,3-4,7H2,1-2H3. The van der Waals surface area contributed by atoms with Gasteiger partial charge in [0.25, 0.3) is 5.91 Å². The zero-order valence-corrected chi connectivity index (χ0v) is 11.0. The van der Waals surface area contributed by atoms with Gasteiger partial charge in [-0.3, -0.25) is 4.79 Å².